The summed E-state index contributed by atoms with van der Waals surface area (Å²) in [6.07, 6.45) is 6.52. The summed E-state index contributed by atoms with van der Waals surface area (Å²) >= 11 is 0. The average molecular weight is 300 g/mol. The van der Waals surface area contributed by atoms with Gasteiger partial charge in [0.25, 0.3) is 0 Å². The van der Waals surface area contributed by atoms with E-state index in [2.05, 4.69) is 33.8 Å². The van der Waals surface area contributed by atoms with Crippen LogP contribution in [0.15, 0.2) is 12.1 Å². The maximum Gasteiger partial charge on any atom is 0.130 e. The largest absolute Gasteiger partial charge is 0.508 e. The second-order valence-electron chi connectivity index (χ2n) is 8.31. The predicted octanol–water partition coefficient (Wildman–Crippen LogP) is 4.72. The second kappa shape index (κ2) is 5.11. The highest BCUT2D eigenvalue weighted by Crippen LogP contribution is 2.57. The van der Waals surface area contributed by atoms with E-state index in [9.17, 15) is 9.90 Å². The van der Waals surface area contributed by atoms with Crippen LogP contribution in [0.1, 0.15) is 76.0 Å². The van der Waals surface area contributed by atoms with Crippen LogP contribution in [-0.2, 0) is 16.6 Å². The van der Waals surface area contributed by atoms with Crippen LogP contribution in [0.2, 0.25) is 0 Å². The first-order valence-corrected chi connectivity index (χ1v) is 8.64. The van der Waals surface area contributed by atoms with E-state index in [0.717, 1.165) is 36.8 Å². The van der Waals surface area contributed by atoms with Gasteiger partial charge in [0.05, 0.1) is 5.41 Å². The number of hydrogen-bond acceptors (Lipinski definition) is 2. The number of fused-ring (bicyclic) bond motifs is 3. The minimum atomic E-state index is -0.387. The smallest absolute Gasteiger partial charge is 0.130 e. The molecule has 0 unspecified atom stereocenters. The molecule has 0 amide bonds. The molecule has 0 spiro atoms. The van der Waals surface area contributed by atoms with Crippen LogP contribution in [0.5, 0.6) is 5.75 Å². The molecule has 0 aromatic heterocycles. The van der Waals surface area contributed by atoms with Crippen LogP contribution < -0.4 is 0 Å². The Labute approximate surface area is 133 Å². The highest BCUT2D eigenvalue weighted by Gasteiger charge is 2.52. The Morgan fingerprint density at radius 1 is 1.27 bits per heavy atom. The Kier molecular flexibility index (Phi) is 3.62. The third kappa shape index (κ3) is 2.11. The molecule has 1 N–H and O–H groups in total. The number of carbonyl (C=O) groups is 1. The second-order valence-corrected chi connectivity index (χ2v) is 8.31. The van der Waals surface area contributed by atoms with E-state index >= 15 is 0 Å². The normalized spacial score (nSPS) is 29.8. The summed E-state index contributed by atoms with van der Waals surface area (Å²) in [6.45, 7) is 8.82. The van der Waals surface area contributed by atoms with E-state index in [1.807, 2.05) is 6.07 Å². The van der Waals surface area contributed by atoms with Gasteiger partial charge in [0.1, 0.15) is 12.0 Å². The summed E-state index contributed by atoms with van der Waals surface area (Å²) in [5, 5.41) is 10.5. The van der Waals surface area contributed by atoms with Crippen molar-refractivity contribution in [2.24, 2.45) is 11.3 Å². The first-order chi connectivity index (χ1) is 10.3. The Morgan fingerprint density at radius 2 is 2.00 bits per heavy atom. The first kappa shape index (κ1) is 15.6. The summed E-state index contributed by atoms with van der Waals surface area (Å²) in [6, 6.07) is 4.06. The lowest BCUT2D eigenvalue weighted by molar-refractivity contribution is -0.119. The minimum Gasteiger partial charge on any atom is -0.508 e. The van der Waals surface area contributed by atoms with Crippen molar-refractivity contribution in [3.05, 3.63) is 28.8 Å². The molecule has 0 bridgehead atoms. The zero-order valence-corrected chi connectivity index (χ0v) is 14.3. The maximum atomic E-state index is 12.2. The molecular weight excluding hydrogens is 272 g/mol. The van der Waals surface area contributed by atoms with Gasteiger partial charge in [-0.15, -0.1) is 0 Å². The van der Waals surface area contributed by atoms with Gasteiger partial charge in [0.2, 0.25) is 0 Å². The summed E-state index contributed by atoms with van der Waals surface area (Å²) in [5.41, 5.74) is 3.20. The van der Waals surface area contributed by atoms with Gasteiger partial charge in [-0.25, -0.2) is 0 Å². The monoisotopic (exact) mass is 300 g/mol. The lowest BCUT2D eigenvalue weighted by Crippen LogP contribution is -2.50. The van der Waals surface area contributed by atoms with Gasteiger partial charge in [-0.2, -0.15) is 0 Å². The molecule has 0 heterocycles. The fraction of sp³-hybridized carbons (Fsp3) is 0.650. The van der Waals surface area contributed by atoms with Crippen LogP contribution in [0.4, 0.5) is 0 Å². The van der Waals surface area contributed by atoms with Crippen molar-refractivity contribution in [3.8, 4) is 5.75 Å². The third-order valence-corrected chi connectivity index (χ3v) is 6.27. The maximum absolute atomic E-state index is 12.2. The zero-order chi connectivity index (χ0) is 16.1. The van der Waals surface area contributed by atoms with Gasteiger partial charge in [-0.05, 0) is 65.7 Å². The standard InChI is InChI=1S/C20H28O2/c1-13(2)15-10-14-6-7-18-19(3,4)8-5-9-20(18,12-21)16(14)11-17(15)22/h10-13,18,22H,5-9H2,1-4H3/t18-,20-/m1/s1. The quantitative estimate of drug-likeness (QED) is 0.802. The summed E-state index contributed by atoms with van der Waals surface area (Å²) < 4.78 is 0. The predicted molar refractivity (Wildman–Crippen MR) is 89.4 cm³/mol. The van der Waals surface area contributed by atoms with E-state index in [1.165, 1.54) is 18.3 Å². The van der Waals surface area contributed by atoms with Crippen molar-refractivity contribution in [2.75, 3.05) is 0 Å². The van der Waals surface area contributed by atoms with E-state index in [4.69, 9.17) is 0 Å². The van der Waals surface area contributed by atoms with Crippen molar-refractivity contribution in [3.63, 3.8) is 0 Å². The minimum absolute atomic E-state index is 0.198. The lowest BCUT2D eigenvalue weighted by Gasteiger charge is -2.53. The molecule has 2 aliphatic carbocycles. The van der Waals surface area contributed by atoms with Gasteiger partial charge >= 0.3 is 0 Å². The van der Waals surface area contributed by atoms with Gasteiger partial charge in [0.15, 0.2) is 0 Å². The van der Waals surface area contributed by atoms with Crippen LogP contribution in [0, 0.1) is 11.3 Å². The summed E-state index contributed by atoms with van der Waals surface area (Å²) in [7, 11) is 0. The fourth-order valence-corrected chi connectivity index (χ4v) is 5.11. The van der Waals surface area contributed by atoms with Gasteiger partial charge in [-0.3, -0.25) is 0 Å². The number of aldehydes is 1. The molecule has 120 valence electrons. The number of phenolic OH excluding ortho intramolecular Hbond substituents is 1. The summed E-state index contributed by atoms with van der Waals surface area (Å²) in [5.74, 6) is 1.06. The molecule has 22 heavy (non-hydrogen) atoms. The molecule has 2 nitrogen and oxygen atoms in total. The molecule has 1 aromatic carbocycles. The van der Waals surface area contributed by atoms with Crippen LogP contribution in [0.3, 0.4) is 0 Å². The van der Waals surface area contributed by atoms with E-state index in [1.54, 1.807) is 0 Å². The number of phenols is 1. The van der Waals surface area contributed by atoms with E-state index in [0.29, 0.717) is 17.6 Å². The molecule has 2 atom stereocenters. The van der Waals surface area contributed by atoms with Crippen molar-refractivity contribution < 1.29 is 9.90 Å². The third-order valence-electron chi connectivity index (χ3n) is 6.27. The zero-order valence-electron chi connectivity index (χ0n) is 14.3. The van der Waals surface area contributed by atoms with Gasteiger partial charge in [-0.1, -0.05) is 40.2 Å². The van der Waals surface area contributed by atoms with Crippen LogP contribution in [0.25, 0.3) is 0 Å². The van der Waals surface area contributed by atoms with E-state index < -0.39 is 0 Å². The van der Waals surface area contributed by atoms with Crippen molar-refractivity contribution in [1.29, 1.82) is 0 Å². The Hall–Kier alpha value is -1.31. The molecular formula is C20H28O2. The first-order valence-electron chi connectivity index (χ1n) is 8.64. The molecule has 2 aliphatic rings. The molecule has 1 aromatic rings. The molecule has 1 saturated carbocycles. The van der Waals surface area contributed by atoms with Crippen molar-refractivity contribution >= 4 is 6.29 Å². The van der Waals surface area contributed by atoms with Crippen LogP contribution in [-0.4, -0.2) is 11.4 Å². The molecule has 1 fully saturated rings. The van der Waals surface area contributed by atoms with Gasteiger partial charge in [0, 0.05) is 0 Å². The van der Waals surface area contributed by atoms with Crippen LogP contribution >= 0.6 is 0 Å². The molecule has 0 saturated heterocycles. The number of rotatable bonds is 2. The number of hydrogen-bond donors (Lipinski definition) is 1. The molecule has 2 heteroatoms. The van der Waals surface area contributed by atoms with Gasteiger partial charge < -0.3 is 9.90 Å². The number of aryl methyl sites for hydroxylation is 1. The van der Waals surface area contributed by atoms with Crippen molar-refractivity contribution in [1.82, 2.24) is 0 Å². The Morgan fingerprint density at radius 3 is 2.64 bits per heavy atom. The average Bonchev–Trinajstić information content (AvgIpc) is 2.45. The molecule has 0 aliphatic heterocycles. The molecule has 3 rings (SSSR count). The topological polar surface area (TPSA) is 37.3 Å². The number of benzene rings is 1. The highest BCUT2D eigenvalue weighted by molar-refractivity contribution is 5.73. The SMILES string of the molecule is CC(C)c1cc2c(cc1O)[C@]1(C=O)CCCC(C)(C)[C@H]1CC2. The Bertz CT molecular complexity index is 600. The number of carbonyl (C=O) groups excluding carboxylic acids is 1. The Balaban J connectivity index is 2.18. The van der Waals surface area contributed by atoms with E-state index in [-0.39, 0.29) is 10.8 Å². The van der Waals surface area contributed by atoms with Crippen molar-refractivity contribution in [2.45, 2.75) is 71.1 Å². The lowest BCUT2D eigenvalue weighted by atomic mass is 9.50. The highest BCUT2D eigenvalue weighted by atomic mass is 16.3. The fourth-order valence-electron chi connectivity index (χ4n) is 5.11. The molecule has 0 radical (unpaired) electrons. The summed E-state index contributed by atoms with van der Waals surface area (Å²) in [4.78, 5) is 12.2. The number of aromatic hydroxyl groups is 1.